The third kappa shape index (κ3) is 4.65. The number of nitrogens with one attached hydrogen (secondary N) is 2. The molecule has 1 aromatic carbocycles. The average Bonchev–Trinajstić information content (AvgIpc) is 2.19. The van der Waals surface area contributed by atoms with Crippen LogP contribution in [0.5, 0.6) is 0 Å². The Morgan fingerprint density at radius 2 is 2.00 bits per heavy atom. The molecule has 0 aliphatic heterocycles. The summed E-state index contributed by atoms with van der Waals surface area (Å²) >= 11 is 3.16. The van der Waals surface area contributed by atoms with Gasteiger partial charge in [0.25, 0.3) is 0 Å². The molecule has 0 saturated heterocycles. The highest BCUT2D eigenvalue weighted by molar-refractivity contribution is 9.11. The Balaban J connectivity index is 2.44. The topological polar surface area (TPSA) is 41.1 Å². The molecule has 0 radical (unpaired) electrons. The van der Waals surface area contributed by atoms with Gasteiger partial charge in [0.2, 0.25) is 0 Å². The SMILES string of the molecule is C=C(Br)CNC(=O)Nc1ccc(C)cc1. The molecule has 2 amide bonds. The van der Waals surface area contributed by atoms with E-state index < -0.39 is 0 Å². The number of hydrogen-bond acceptors (Lipinski definition) is 1. The Morgan fingerprint density at radius 1 is 1.40 bits per heavy atom. The van der Waals surface area contributed by atoms with Gasteiger partial charge in [0.1, 0.15) is 0 Å². The highest BCUT2D eigenvalue weighted by atomic mass is 79.9. The molecule has 1 rings (SSSR count). The molecule has 0 bridgehead atoms. The number of urea groups is 1. The zero-order chi connectivity index (χ0) is 11.3. The van der Waals surface area contributed by atoms with Crippen LogP contribution in [0.1, 0.15) is 5.56 Å². The van der Waals surface area contributed by atoms with Gasteiger partial charge in [0.15, 0.2) is 0 Å². The summed E-state index contributed by atoms with van der Waals surface area (Å²) in [7, 11) is 0. The van der Waals surface area contributed by atoms with Crippen LogP contribution in [0.15, 0.2) is 35.3 Å². The molecule has 1 aromatic rings. The fourth-order valence-electron chi connectivity index (χ4n) is 0.988. The molecule has 80 valence electrons. The van der Waals surface area contributed by atoms with E-state index in [1.165, 1.54) is 0 Å². The third-order valence-corrected chi connectivity index (χ3v) is 2.03. The van der Waals surface area contributed by atoms with Crippen LogP contribution in [0.25, 0.3) is 0 Å². The first-order chi connectivity index (χ1) is 7.08. The molecule has 15 heavy (non-hydrogen) atoms. The van der Waals surface area contributed by atoms with Crippen molar-refractivity contribution in [2.24, 2.45) is 0 Å². The smallest absolute Gasteiger partial charge is 0.319 e. The van der Waals surface area contributed by atoms with Gasteiger partial charge in [-0.05, 0) is 19.1 Å². The number of halogens is 1. The molecule has 0 unspecified atom stereocenters. The minimum atomic E-state index is -0.237. The van der Waals surface area contributed by atoms with E-state index in [1.54, 1.807) is 0 Å². The summed E-state index contributed by atoms with van der Waals surface area (Å²) in [5, 5.41) is 5.36. The Morgan fingerprint density at radius 3 is 2.53 bits per heavy atom. The highest BCUT2D eigenvalue weighted by Gasteiger charge is 2.00. The van der Waals surface area contributed by atoms with Crippen LogP contribution < -0.4 is 10.6 Å². The minimum absolute atomic E-state index is 0.237. The first-order valence-electron chi connectivity index (χ1n) is 4.53. The summed E-state index contributed by atoms with van der Waals surface area (Å²) in [6.45, 7) is 6.03. The predicted molar refractivity (Wildman–Crippen MR) is 66.3 cm³/mol. The maximum atomic E-state index is 11.3. The van der Waals surface area contributed by atoms with Crippen LogP contribution in [0.4, 0.5) is 10.5 Å². The van der Waals surface area contributed by atoms with Crippen molar-refractivity contribution in [3.8, 4) is 0 Å². The second kappa shape index (κ2) is 5.56. The third-order valence-electron chi connectivity index (χ3n) is 1.75. The van der Waals surface area contributed by atoms with E-state index in [0.29, 0.717) is 6.54 Å². The Bertz CT molecular complexity index is 359. The van der Waals surface area contributed by atoms with Crippen molar-refractivity contribution in [2.45, 2.75) is 6.92 Å². The number of carbonyl (C=O) groups excluding carboxylic acids is 1. The second-order valence-electron chi connectivity index (χ2n) is 3.19. The Hall–Kier alpha value is -1.29. The lowest BCUT2D eigenvalue weighted by atomic mass is 10.2. The van der Waals surface area contributed by atoms with Crippen LogP contribution in [0.2, 0.25) is 0 Å². The zero-order valence-corrected chi connectivity index (χ0v) is 10.1. The molecule has 0 aromatic heterocycles. The first-order valence-corrected chi connectivity index (χ1v) is 5.32. The van der Waals surface area contributed by atoms with Crippen molar-refractivity contribution >= 4 is 27.6 Å². The Labute approximate surface area is 97.7 Å². The van der Waals surface area contributed by atoms with Gasteiger partial charge in [0.05, 0.1) is 6.54 Å². The van der Waals surface area contributed by atoms with Crippen molar-refractivity contribution in [3.05, 3.63) is 40.9 Å². The lowest BCUT2D eigenvalue weighted by Gasteiger charge is -2.06. The summed E-state index contributed by atoms with van der Waals surface area (Å²) in [6.07, 6.45) is 0. The van der Waals surface area contributed by atoms with Crippen molar-refractivity contribution in [1.82, 2.24) is 5.32 Å². The van der Waals surface area contributed by atoms with Gasteiger partial charge in [-0.15, -0.1) is 0 Å². The van der Waals surface area contributed by atoms with E-state index in [1.807, 2.05) is 31.2 Å². The largest absolute Gasteiger partial charge is 0.333 e. The summed E-state index contributed by atoms with van der Waals surface area (Å²) in [5.41, 5.74) is 1.94. The number of anilines is 1. The number of benzene rings is 1. The lowest BCUT2D eigenvalue weighted by Crippen LogP contribution is -2.29. The second-order valence-corrected chi connectivity index (χ2v) is 4.31. The standard InChI is InChI=1S/C11H13BrN2O/c1-8-3-5-10(6-4-8)14-11(15)13-7-9(2)12/h3-6H,2,7H2,1H3,(H2,13,14,15). The molecule has 0 saturated carbocycles. The molecule has 0 heterocycles. The average molecular weight is 269 g/mol. The molecule has 0 atom stereocenters. The number of aryl methyl sites for hydroxylation is 1. The van der Waals surface area contributed by atoms with E-state index in [0.717, 1.165) is 15.7 Å². The van der Waals surface area contributed by atoms with E-state index in [-0.39, 0.29) is 6.03 Å². The van der Waals surface area contributed by atoms with Crippen LogP contribution in [-0.2, 0) is 0 Å². The van der Waals surface area contributed by atoms with Gasteiger partial charge >= 0.3 is 6.03 Å². The molecule has 2 N–H and O–H groups in total. The van der Waals surface area contributed by atoms with Crippen molar-refractivity contribution in [1.29, 1.82) is 0 Å². The highest BCUT2D eigenvalue weighted by Crippen LogP contribution is 2.08. The summed E-state index contributed by atoms with van der Waals surface area (Å²) in [4.78, 5) is 11.3. The molecule has 4 heteroatoms. The van der Waals surface area contributed by atoms with Crippen molar-refractivity contribution in [2.75, 3.05) is 11.9 Å². The van der Waals surface area contributed by atoms with Crippen LogP contribution in [-0.4, -0.2) is 12.6 Å². The molecular weight excluding hydrogens is 256 g/mol. The summed E-state index contributed by atoms with van der Waals surface area (Å²) < 4.78 is 0.738. The van der Waals surface area contributed by atoms with E-state index in [2.05, 4.69) is 33.1 Å². The molecule has 0 aliphatic rings. The monoisotopic (exact) mass is 268 g/mol. The van der Waals surface area contributed by atoms with E-state index in [9.17, 15) is 4.79 Å². The number of hydrogen-bond donors (Lipinski definition) is 2. The van der Waals surface area contributed by atoms with Crippen molar-refractivity contribution in [3.63, 3.8) is 0 Å². The Kier molecular flexibility index (Phi) is 4.37. The number of amides is 2. The molecule has 0 aliphatic carbocycles. The molecule has 3 nitrogen and oxygen atoms in total. The van der Waals surface area contributed by atoms with Crippen LogP contribution in [0.3, 0.4) is 0 Å². The van der Waals surface area contributed by atoms with E-state index in [4.69, 9.17) is 0 Å². The van der Waals surface area contributed by atoms with Crippen LogP contribution in [0, 0.1) is 6.92 Å². The van der Waals surface area contributed by atoms with Gasteiger partial charge in [-0.2, -0.15) is 0 Å². The molecule has 0 spiro atoms. The van der Waals surface area contributed by atoms with Gasteiger partial charge in [0, 0.05) is 10.2 Å². The number of carbonyl (C=O) groups is 1. The summed E-state index contributed by atoms with van der Waals surface area (Å²) in [5.74, 6) is 0. The van der Waals surface area contributed by atoms with Crippen LogP contribution >= 0.6 is 15.9 Å². The first kappa shape index (κ1) is 11.8. The predicted octanol–water partition coefficient (Wildman–Crippen LogP) is 3.03. The summed E-state index contributed by atoms with van der Waals surface area (Å²) in [6, 6.07) is 7.37. The maximum Gasteiger partial charge on any atom is 0.319 e. The normalized spacial score (nSPS) is 9.47. The minimum Gasteiger partial charge on any atom is -0.333 e. The maximum absolute atomic E-state index is 11.3. The van der Waals surface area contributed by atoms with Gasteiger partial charge in [-0.3, -0.25) is 0 Å². The van der Waals surface area contributed by atoms with Crippen molar-refractivity contribution < 1.29 is 4.79 Å². The number of rotatable bonds is 3. The fourth-order valence-corrected chi connectivity index (χ4v) is 1.13. The lowest BCUT2D eigenvalue weighted by molar-refractivity contribution is 0.253. The molecule has 0 fully saturated rings. The van der Waals surface area contributed by atoms with Gasteiger partial charge < -0.3 is 10.6 Å². The zero-order valence-electron chi connectivity index (χ0n) is 8.51. The quantitative estimate of drug-likeness (QED) is 0.870. The van der Waals surface area contributed by atoms with E-state index >= 15 is 0 Å². The van der Waals surface area contributed by atoms with Gasteiger partial charge in [-0.1, -0.05) is 40.2 Å². The molecular formula is C11H13BrN2O. The fraction of sp³-hybridized carbons (Fsp3) is 0.182. The van der Waals surface area contributed by atoms with Gasteiger partial charge in [-0.25, -0.2) is 4.79 Å².